The number of aryl methyl sites for hydroxylation is 1. The second-order valence-electron chi connectivity index (χ2n) is 4.16. The van der Waals surface area contributed by atoms with Gasteiger partial charge in [0.2, 0.25) is 5.89 Å². The van der Waals surface area contributed by atoms with Crippen molar-refractivity contribution in [2.24, 2.45) is 0 Å². The number of aliphatic hydroxyl groups is 1. The topological polar surface area (TPSA) is 64.1 Å². The van der Waals surface area contributed by atoms with Crippen LogP contribution in [-0.4, -0.2) is 19.8 Å². The fourth-order valence-electron chi connectivity index (χ4n) is 1.76. The quantitative estimate of drug-likeness (QED) is 0.861. The average Bonchev–Trinajstić information content (AvgIpc) is 2.89. The maximum absolute atomic E-state index is 9.84. The summed E-state index contributed by atoms with van der Waals surface area (Å²) in [5, 5.41) is 13.6. The zero-order valence-electron chi connectivity index (χ0n) is 10.1. The van der Waals surface area contributed by atoms with Gasteiger partial charge >= 0.3 is 0 Å². The molecule has 17 heavy (non-hydrogen) atoms. The van der Waals surface area contributed by atoms with Crippen LogP contribution in [0.5, 0.6) is 0 Å². The van der Waals surface area contributed by atoms with Crippen molar-refractivity contribution in [3.8, 4) is 0 Å². The Kier molecular flexibility index (Phi) is 3.58. The predicted molar refractivity (Wildman–Crippen MR) is 62.4 cm³/mol. The van der Waals surface area contributed by atoms with Crippen LogP contribution >= 0.6 is 0 Å². The van der Waals surface area contributed by atoms with Crippen LogP contribution in [0.15, 0.2) is 23.0 Å². The lowest BCUT2D eigenvalue weighted by molar-refractivity contribution is 0.166. The molecule has 5 nitrogen and oxygen atoms in total. The molecule has 0 spiro atoms. The predicted octanol–water partition coefficient (Wildman–Crippen LogP) is 2.06. The maximum atomic E-state index is 9.84. The monoisotopic (exact) mass is 235 g/mol. The first kappa shape index (κ1) is 11.9. The van der Waals surface area contributed by atoms with Gasteiger partial charge in [-0.1, -0.05) is 18.5 Å². The normalized spacial score (nSPS) is 12.9. The molecule has 0 aliphatic carbocycles. The third kappa shape index (κ3) is 2.94. The van der Waals surface area contributed by atoms with Gasteiger partial charge in [-0.05, 0) is 25.0 Å². The molecule has 5 heteroatoms. The van der Waals surface area contributed by atoms with E-state index in [9.17, 15) is 5.11 Å². The van der Waals surface area contributed by atoms with Crippen LogP contribution in [0.4, 0.5) is 0 Å². The molecule has 0 aliphatic rings. The minimum absolute atomic E-state index is 0.384. The second kappa shape index (κ2) is 5.14. The summed E-state index contributed by atoms with van der Waals surface area (Å²) >= 11 is 0. The number of rotatable bonds is 5. The van der Waals surface area contributed by atoms with E-state index in [2.05, 4.69) is 17.1 Å². The largest absolute Gasteiger partial charge is 0.388 e. The van der Waals surface area contributed by atoms with Gasteiger partial charge in [0.25, 0.3) is 0 Å². The zero-order chi connectivity index (χ0) is 12.3. The molecule has 0 radical (unpaired) electrons. The molecule has 2 rings (SSSR count). The molecule has 0 aliphatic heterocycles. The maximum Gasteiger partial charge on any atom is 0.246 e. The van der Waals surface area contributed by atoms with Gasteiger partial charge < -0.3 is 14.2 Å². The molecule has 0 saturated heterocycles. The van der Waals surface area contributed by atoms with Gasteiger partial charge in [-0.25, -0.2) is 0 Å². The van der Waals surface area contributed by atoms with Crippen molar-refractivity contribution < 1.29 is 9.63 Å². The molecule has 0 fully saturated rings. The summed E-state index contributed by atoms with van der Waals surface area (Å²) in [7, 11) is 0. The summed E-state index contributed by atoms with van der Waals surface area (Å²) < 4.78 is 6.97. The van der Waals surface area contributed by atoms with Crippen LogP contribution in [0, 0.1) is 6.92 Å². The lowest BCUT2D eigenvalue weighted by Crippen LogP contribution is -1.98. The molecule has 1 N–H and O–H groups in total. The Bertz CT molecular complexity index is 476. The Balaban J connectivity index is 2.03. The number of aliphatic hydroxyl groups excluding tert-OH is 1. The van der Waals surface area contributed by atoms with Gasteiger partial charge in [0.15, 0.2) is 5.82 Å². The van der Waals surface area contributed by atoms with Crippen LogP contribution in [0.2, 0.25) is 0 Å². The molecule has 1 unspecified atom stereocenters. The molecule has 92 valence electrons. The van der Waals surface area contributed by atoms with E-state index in [4.69, 9.17) is 4.52 Å². The third-order valence-electron chi connectivity index (χ3n) is 2.61. The van der Waals surface area contributed by atoms with Crippen molar-refractivity contribution >= 4 is 0 Å². The number of nitrogens with zero attached hydrogens (tertiary/aromatic N) is 3. The molecular weight excluding hydrogens is 218 g/mol. The Hall–Kier alpha value is -1.62. The van der Waals surface area contributed by atoms with Crippen molar-refractivity contribution in [1.29, 1.82) is 0 Å². The van der Waals surface area contributed by atoms with Gasteiger partial charge in [-0.15, -0.1) is 0 Å². The first-order valence-electron chi connectivity index (χ1n) is 5.82. The van der Waals surface area contributed by atoms with Crippen molar-refractivity contribution in [3.05, 3.63) is 35.7 Å². The molecule has 2 aromatic heterocycles. The van der Waals surface area contributed by atoms with Crippen LogP contribution in [0.25, 0.3) is 0 Å². The van der Waals surface area contributed by atoms with E-state index in [1.54, 1.807) is 6.92 Å². The van der Waals surface area contributed by atoms with Gasteiger partial charge in [0.1, 0.15) is 6.54 Å². The van der Waals surface area contributed by atoms with E-state index >= 15 is 0 Å². The SMILES string of the molecule is CCCC(O)c1ccn(Cc2nc(C)no2)c1. The fraction of sp³-hybridized carbons (Fsp3) is 0.500. The van der Waals surface area contributed by atoms with Gasteiger partial charge in [0.05, 0.1) is 6.10 Å². The molecule has 1 atom stereocenters. The van der Waals surface area contributed by atoms with Crippen molar-refractivity contribution in [2.75, 3.05) is 0 Å². The summed E-state index contributed by atoms with van der Waals surface area (Å²) in [5.41, 5.74) is 0.933. The molecule has 0 bridgehead atoms. The lowest BCUT2D eigenvalue weighted by atomic mass is 10.1. The zero-order valence-corrected chi connectivity index (χ0v) is 10.1. The summed E-state index contributed by atoms with van der Waals surface area (Å²) in [6.07, 6.45) is 5.19. The minimum atomic E-state index is -0.384. The van der Waals surface area contributed by atoms with Crippen LogP contribution in [0.3, 0.4) is 0 Å². The highest BCUT2D eigenvalue weighted by molar-refractivity contribution is 5.14. The van der Waals surface area contributed by atoms with Gasteiger partial charge in [-0.3, -0.25) is 0 Å². The first-order chi connectivity index (χ1) is 8.19. The standard InChI is InChI=1S/C12H17N3O2/c1-3-4-11(16)10-5-6-15(7-10)8-12-13-9(2)14-17-12/h5-7,11,16H,3-4,8H2,1-2H3. The number of aromatic nitrogens is 3. The first-order valence-corrected chi connectivity index (χ1v) is 5.82. The van der Waals surface area contributed by atoms with E-state index in [-0.39, 0.29) is 6.10 Å². The van der Waals surface area contributed by atoms with Crippen molar-refractivity contribution in [1.82, 2.24) is 14.7 Å². The molecule has 0 saturated carbocycles. The van der Waals surface area contributed by atoms with E-state index in [0.29, 0.717) is 18.3 Å². The van der Waals surface area contributed by atoms with Crippen LogP contribution in [-0.2, 0) is 6.54 Å². The van der Waals surface area contributed by atoms with Gasteiger partial charge in [0, 0.05) is 12.4 Å². The van der Waals surface area contributed by atoms with E-state index in [1.165, 1.54) is 0 Å². The third-order valence-corrected chi connectivity index (χ3v) is 2.61. The minimum Gasteiger partial charge on any atom is -0.388 e. The Morgan fingerprint density at radius 1 is 1.53 bits per heavy atom. The smallest absolute Gasteiger partial charge is 0.246 e. The summed E-state index contributed by atoms with van der Waals surface area (Å²) in [6.45, 7) is 4.39. The fourth-order valence-corrected chi connectivity index (χ4v) is 1.76. The van der Waals surface area contributed by atoms with Crippen LogP contribution < -0.4 is 0 Å². The molecule has 0 aromatic carbocycles. The highest BCUT2D eigenvalue weighted by Gasteiger charge is 2.09. The molecule has 2 heterocycles. The highest BCUT2D eigenvalue weighted by atomic mass is 16.5. The Morgan fingerprint density at radius 2 is 2.35 bits per heavy atom. The highest BCUT2D eigenvalue weighted by Crippen LogP contribution is 2.18. The Labute approximate surface area is 100 Å². The van der Waals surface area contributed by atoms with E-state index in [1.807, 2.05) is 23.0 Å². The number of hydrogen-bond donors (Lipinski definition) is 1. The van der Waals surface area contributed by atoms with E-state index < -0.39 is 0 Å². The lowest BCUT2D eigenvalue weighted by Gasteiger charge is -2.05. The molecule has 2 aromatic rings. The second-order valence-corrected chi connectivity index (χ2v) is 4.16. The van der Waals surface area contributed by atoms with Crippen molar-refractivity contribution in [2.45, 2.75) is 39.3 Å². The molecular formula is C12H17N3O2. The van der Waals surface area contributed by atoms with Gasteiger partial charge in [-0.2, -0.15) is 4.98 Å². The van der Waals surface area contributed by atoms with Crippen molar-refractivity contribution in [3.63, 3.8) is 0 Å². The Morgan fingerprint density at radius 3 is 3.00 bits per heavy atom. The summed E-state index contributed by atoms with van der Waals surface area (Å²) in [5.74, 6) is 1.22. The average molecular weight is 235 g/mol. The van der Waals surface area contributed by atoms with Crippen LogP contribution in [0.1, 0.15) is 43.1 Å². The molecule has 0 amide bonds. The summed E-state index contributed by atoms with van der Waals surface area (Å²) in [4.78, 5) is 4.14. The number of hydrogen-bond acceptors (Lipinski definition) is 4. The van der Waals surface area contributed by atoms with E-state index in [0.717, 1.165) is 18.4 Å². The summed E-state index contributed by atoms with van der Waals surface area (Å²) in [6, 6.07) is 1.92.